The second kappa shape index (κ2) is 5.69. The third-order valence-electron chi connectivity index (χ3n) is 3.06. The maximum absolute atomic E-state index is 12.6. The van der Waals surface area contributed by atoms with Crippen molar-refractivity contribution in [3.05, 3.63) is 53.9 Å². The molecule has 1 unspecified atom stereocenters. The Balaban J connectivity index is 2.31. The van der Waals surface area contributed by atoms with E-state index in [1.165, 1.54) is 0 Å². The number of benzene rings is 1. The Hall–Kier alpha value is -2.15. The lowest BCUT2D eigenvalue weighted by atomic mass is 9.93. The van der Waals surface area contributed by atoms with E-state index in [2.05, 4.69) is 15.3 Å². The number of aliphatic hydroxyl groups is 1. The molecular weight excluding hydrogens is 283 g/mol. The van der Waals surface area contributed by atoms with E-state index in [-0.39, 0.29) is 12.6 Å². The first-order valence-corrected chi connectivity index (χ1v) is 6.20. The second-order valence-electron chi connectivity index (χ2n) is 4.74. The van der Waals surface area contributed by atoms with Crippen molar-refractivity contribution in [3.8, 4) is 0 Å². The van der Waals surface area contributed by atoms with Crippen molar-refractivity contribution in [2.75, 3.05) is 11.9 Å². The van der Waals surface area contributed by atoms with Crippen LogP contribution in [0.3, 0.4) is 0 Å². The summed E-state index contributed by atoms with van der Waals surface area (Å²) in [5.74, 6) is -0.190. The average Bonchev–Trinajstić information content (AvgIpc) is 2.47. The van der Waals surface area contributed by atoms with E-state index in [4.69, 9.17) is 0 Å². The molecule has 0 amide bonds. The SMILES string of the molecule is CC(CO)(Nc1nccc(C(F)(F)F)n1)c1ccccc1. The molecule has 112 valence electrons. The van der Waals surface area contributed by atoms with Gasteiger partial charge >= 0.3 is 6.18 Å². The molecule has 2 rings (SSSR count). The average molecular weight is 297 g/mol. The van der Waals surface area contributed by atoms with Crippen LogP contribution in [0.15, 0.2) is 42.6 Å². The van der Waals surface area contributed by atoms with Gasteiger partial charge in [0, 0.05) is 6.20 Å². The van der Waals surface area contributed by atoms with Gasteiger partial charge in [0.2, 0.25) is 5.95 Å². The molecule has 0 radical (unpaired) electrons. The zero-order valence-corrected chi connectivity index (χ0v) is 11.2. The van der Waals surface area contributed by atoms with Crippen molar-refractivity contribution >= 4 is 5.95 Å². The van der Waals surface area contributed by atoms with Crippen LogP contribution in [0.25, 0.3) is 0 Å². The summed E-state index contributed by atoms with van der Waals surface area (Å²) in [4.78, 5) is 7.22. The fourth-order valence-corrected chi connectivity index (χ4v) is 1.83. The Kier molecular flexibility index (Phi) is 4.13. The molecule has 0 aliphatic carbocycles. The molecule has 0 aliphatic rings. The zero-order chi connectivity index (χ0) is 15.5. The predicted octanol–water partition coefficient (Wildman–Crippen LogP) is 2.82. The highest BCUT2D eigenvalue weighted by atomic mass is 19.4. The summed E-state index contributed by atoms with van der Waals surface area (Å²) in [5, 5.41) is 12.4. The van der Waals surface area contributed by atoms with E-state index in [9.17, 15) is 18.3 Å². The van der Waals surface area contributed by atoms with Crippen molar-refractivity contribution in [1.82, 2.24) is 9.97 Å². The molecule has 1 heterocycles. The number of aliphatic hydroxyl groups excluding tert-OH is 1. The number of hydrogen-bond donors (Lipinski definition) is 2. The first-order chi connectivity index (χ1) is 9.85. The van der Waals surface area contributed by atoms with Crippen molar-refractivity contribution in [2.45, 2.75) is 18.6 Å². The highest BCUT2D eigenvalue weighted by molar-refractivity contribution is 5.37. The highest BCUT2D eigenvalue weighted by Crippen LogP contribution is 2.29. The molecule has 0 bridgehead atoms. The number of halogens is 3. The number of alkyl halides is 3. The Morgan fingerprint density at radius 1 is 1.14 bits per heavy atom. The molecule has 0 saturated heterocycles. The van der Waals surface area contributed by atoms with Gasteiger partial charge in [0.05, 0.1) is 12.1 Å². The molecule has 0 saturated carbocycles. The maximum atomic E-state index is 12.6. The van der Waals surface area contributed by atoms with Gasteiger partial charge < -0.3 is 10.4 Å². The Bertz CT molecular complexity index is 604. The summed E-state index contributed by atoms with van der Waals surface area (Å²) in [6, 6.07) is 9.68. The number of hydrogen-bond acceptors (Lipinski definition) is 4. The topological polar surface area (TPSA) is 58.0 Å². The molecule has 0 fully saturated rings. The molecule has 1 aromatic carbocycles. The van der Waals surface area contributed by atoms with Crippen LogP contribution in [-0.2, 0) is 11.7 Å². The third kappa shape index (κ3) is 3.49. The van der Waals surface area contributed by atoms with Gasteiger partial charge in [0.25, 0.3) is 0 Å². The number of aromatic nitrogens is 2. The molecule has 4 nitrogen and oxygen atoms in total. The summed E-state index contributed by atoms with van der Waals surface area (Å²) >= 11 is 0. The Labute approximate surface area is 119 Å². The van der Waals surface area contributed by atoms with Crippen LogP contribution in [0.5, 0.6) is 0 Å². The summed E-state index contributed by atoms with van der Waals surface area (Å²) < 4.78 is 37.9. The normalized spacial score (nSPS) is 14.5. The number of nitrogens with one attached hydrogen (secondary N) is 1. The van der Waals surface area contributed by atoms with Gasteiger partial charge in [0.1, 0.15) is 5.69 Å². The largest absolute Gasteiger partial charge is 0.433 e. The monoisotopic (exact) mass is 297 g/mol. The lowest BCUT2D eigenvalue weighted by molar-refractivity contribution is -0.141. The number of nitrogens with zero attached hydrogens (tertiary/aromatic N) is 2. The van der Waals surface area contributed by atoms with Crippen LogP contribution >= 0.6 is 0 Å². The van der Waals surface area contributed by atoms with Crippen molar-refractivity contribution < 1.29 is 18.3 Å². The lowest BCUT2D eigenvalue weighted by Gasteiger charge is -2.29. The van der Waals surface area contributed by atoms with Crippen molar-refractivity contribution in [3.63, 3.8) is 0 Å². The van der Waals surface area contributed by atoms with E-state index >= 15 is 0 Å². The summed E-state index contributed by atoms with van der Waals surface area (Å²) in [5.41, 5.74) is -1.30. The Morgan fingerprint density at radius 3 is 2.38 bits per heavy atom. The minimum atomic E-state index is -4.54. The number of anilines is 1. The molecule has 21 heavy (non-hydrogen) atoms. The fraction of sp³-hybridized carbons (Fsp3) is 0.286. The van der Waals surface area contributed by atoms with Gasteiger partial charge in [-0.3, -0.25) is 0 Å². The summed E-state index contributed by atoms with van der Waals surface area (Å²) in [7, 11) is 0. The van der Waals surface area contributed by atoms with Gasteiger partial charge in [-0.05, 0) is 18.6 Å². The lowest BCUT2D eigenvalue weighted by Crippen LogP contribution is -2.36. The van der Waals surface area contributed by atoms with Gasteiger partial charge in [-0.1, -0.05) is 30.3 Å². The van der Waals surface area contributed by atoms with Crippen LogP contribution in [0.2, 0.25) is 0 Å². The quantitative estimate of drug-likeness (QED) is 0.911. The zero-order valence-electron chi connectivity index (χ0n) is 11.2. The van der Waals surface area contributed by atoms with Gasteiger partial charge in [-0.15, -0.1) is 0 Å². The van der Waals surface area contributed by atoms with E-state index in [0.29, 0.717) is 5.56 Å². The van der Waals surface area contributed by atoms with E-state index < -0.39 is 17.4 Å². The highest BCUT2D eigenvalue weighted by Gasteiger charge is 2.34. The van der Waals surface area contributed by atoms with Crippen LogP contribution < -0.4 is 5.32 Å². The predicted molar refractivity (Wildman–Crippen MR) is 71.5 cm³/mol. The molecule has 0 spiro atoms. The fourth-order valence-electron chi connectivity index (χ4n) is 1.83. The van der Waals surface area contributed by atoms with E-state index in [1.807, 2.05) is 6.07 Å². The van der Waals surface area contributed by atoms with E-state index in [1.54, 1.807) is 31.2 Å². The smallest absolute Gasteiger partial charge is 0.394 e. The van der Waals surface area contributed by atoms with Crippen molar-refractivity contribution in [1.29, 1.82) is 0 Å². The van der Waals surface area contributed by atoms with E-state index in [0.717, 1.165) is 12.3 Å². The second-order valence-corrected chi connectivity index (χ2v) is 4.74. The Morgan fingerprint density at radius 2 is 1.81 bits per heavy atom. The standard InChI is InChI=1S/C14H14F3N3O/c1-13(9-21,10-5-3-2-4-6-10)20-12-18-8-7-11(19-12)14(15,16)17/h2-8,21H,9H2,1H3,(H,18,19,20). The molecule has 1 atom stereocenters. The third-order valence-corrected chi connectivity index (χ3v) is 3.06. The molecule has 0 aliphatic heterocycles. The number of rotatable bonds is 4. The van der Waals surface area contributed by atoms with Gasteiger partial charge in [-0.25, -0.2) is 9.97 Å². The van der Waals surface area contributed by atoms with Crippen molar-refractivity contribution in [2.24, 2.45) is 0 Å². The molecule has 7 heteroatoms. The summed E-state index contributed by atoms with van der Waals surface area (Å²) in [6.45, 7) is 1.34. The van der Waals surface area contributed by atoms with Crippen LogP contribution in [0.4, 0.5) is 19.1 Å². The minimum Gasteiger partial charge on any atom is -0.394 e. The van der Waals surface area contributed by atoms with Gasteiger partial charge in [-0.2, -0.15) is 13.2 Å². The first-order valence-electron chi connectivity index (χ1n) is 6.20. The first kappa shape index (κ1) is 15.2. The maximum Gasteiger partial charge on any atom is 0.433 e. The van der Waals surface area contributed by atoms with Gasteiger partial charge in [0.15, 0.2) is 0 Å². The molecule has 2 N–H and O–H groups in total. The molecule has 2 aromatic rings. The minimum absolute atomic E-state index is 0.190. The molecule has 1 aromatic heterocycles. The van der Waals surface area contributed by atoms with Crippen LogP contribution in [0, 0.1) is 0 Å². The van der Waals surface area contributed by atoms with Crippen LogP contribution in [-0.4, -0.2) is 21.7 Å². The molecular formula is C14H14F3N3O. The van der Waals surface area contributed by atoms with Crippen LogP contribution in [0.1, 0.15) is 18.2 Å². The summed E-state index contributed by atoms with van der Waals surface area (Å²) in [6.07, 6.45) is -3.51.